The second kappa shape index (κ2) is 7.40. The Hall–Kier alpha value is -1.80. The molecule has 0 amide bonds. The molecule has 1 saturated heterocycles. The van der Waals surface area contributed by atoms with Gasteiger partial charge in [0.1, 0.15) is 0 Å². The van der Waals surface area contributed by atoms with E-state index in [9.17, 15) is 5.11 Å². The third-order valence-electron chi connectivity index (χ3n) is 4.38. The summed E-state index contributed by atoms with van der Waals surface area (Å²) < 4.78 is 7.04. The quantitative estimate of drug-likeness (QED) is 0.815. The highest BCUT2D eigenvalue weighted by Gasteiger charge is 2.34. The van der Waals surface area contributed by atoms with Crippen LogP contribution in [0, 0.1) is 5.92 Å². The van der Waals surface area contributed by atoms with Gasteiger partial charge in [-0.2, -0.15) is 4.98 Å². The minimum atomic E-state index is -0.799. The second-order valence-electron chi connectivity index (χ2n) is 7.18. The Labute approximate surface area is 141 Å². The van der Waals surface area contributed by atoms with Gasteiger partial charge in [-0.1, -0.05) is 24.2 Å². The standard InChI is InChI=1S/C16H26N6O2/c1-13(2)4-5-14-18-15(24-19-14)10-21-8-3-6-16(23,11-21)12-22-9-7-17-20-22/h7,9,13,23H,3-6,8,10-12H2,1-2H3. The van der Waals surface area contributed by atoms with Gasteiger partial charge in [-0.15, -0.1) is 5.10 Å². The topological polar surface area (TPSA) is 93.1 Å². The third kappa shape index (κ3) is 4.61. The number of nitrogens with zero attached hydrogens (tertiary/aromatic N) is 6. The van der Waals surface area contributed by atoms with E-state index in [-0.39, 0.29) is 0 Å². The van der Waals surface area contributed by atoms with Gasteiger partial charge in [-0.3, -0.25) is 4.90 Å². The Kier molecular flexibility index (Phi) is 5.25. The van der Waals surface area contributed by atoms with Gasteiger partial charge in [0.25, 0.3) is 0 Å². The zero-order chi connectivity index (χ0) is 17.0. The van der Waals surface area contributed by atoms with E-state index in [4.69, 9.17) is 4.52 Å². The van der Waals surface area contributed by atoms with Gasteiger partial charge in [0.2, 0.25) is 5.89 Å². The summed E-state index contributed by atoms with van der Waals surface area (Å²) in [5, 5.41) is 22.6. The third-order valence-corrected chi connectivity index (χ3v) is 4.38. The van der Waals surface area contributed by atoms with Gasteiger partial charge in [0.05, 0.1) is 24.9 Å². The van der Waals surface area contributed by atoms with E-state index in [1.165, 1.54) is 0 Å². The van der Waals surface area contributed by atoms with Crippen LogP contribution in [-0.4, -0.2) is 53.8 Å². The largest absolute Gasteiger partial charge is 0.387 e. The lowest BCUT2D eigenvalue weighted by Crippen LogP contribution is -2.50. The molecule has 1 aliphatic rings. The molecule has 8 nitrogen and oxygen atoms in total. The molecule has 1 N–H and O–H groups in total. The summed E-state index contributed by atoms with van der Waals surface area (Å²) >= 11 is 0. The fourth-order valence-corrected chi connectivity index (χ4v) is 3.15. The first kappa shape index (κ1) is 17.0. The fraction of sp³-hybridized carbons (Fsp3) is 0.750. The number of rotatable bonds is 7. The number of aromatic nitrogens is 5. The molecule has 0 spiro atoms. The monoisotopic (exact) mass is 334 g/mol. The SMILES string of the molecule is CC(C)CCc1noc(CN2CCCC(O)(Cn3ccnn3)C2)n1. The summed E-state index contributed by atoms with van der Waals surface area (Å²) in [6, 6.07) is 0. The predicted octanol–water partition coefficient (Wildman–Crippen LogP) is 1.28. The van der Waals surface area contributed by atoms with Crippen molar-refractivity contribution in [1.29, 1.82) is 0 Å². The van der Waals surface area contributed by atoms with Gasteiger partial charge < -0.3 is 9.63 Å². The summed E-state index contributed by atoms with van der Waals surface area (Å²) in [6.07, 6.45) is 6.99. The number of aliphatic hydroxyl groups is 1. The van der Waals surface area contributed by atoms with E-state index in [0.717, 1.165) is 38.1 Å². The molecule has 1 fully saturated rings. The molecule has 0 saturated carbocycles. The first-order valence-corrected chi connectivity index (χ1v) is 8.63. The van der Waals surface area contributed by atoms with Crippen molar-refractivity contribution in [1.82, 2.24) is 30.0 Å². The molecular formula is C16H26N6O2. The normalized spacial score (nSPS) is 22.3. The number of piperidine rings is 1. The smallest absolute Gasteiger partial charge is 0.240 e. The second-order valence-corrected chi connectivity index (χ2v) is 7.18. The first-order valence-electron chi connectivity index (χ1n) is 8.63. The van der Waals surface area contributed by atoms with Crippen LogP contribution in [0.5, 0.6) is 0 Å². The van der Waals surface area contributed by atoms with E-state index in [2.05, 4.69) is 39.2 Å². The number of hydrogen-bond acceptors (Lipinski definition) is 7. The molecule has 24 heavy (non-hydrogen) atoms. The lowest BCUT2D eigenvalue weighted by atomic mass is 9.93. The van der Waals surface area contributed by atoms with Gasteiger partial charge in [0.15, 0.2) is 5.82 Å². The van der Waals surface area contributed by atoms with Gasteiger partial charge in [0, 0.05) is 19.2 Å². The minimum Gasteiger partial charge on any atom is -0.387 e. The maximum absolute atomic E-state index is 10.8. The van der Waals surface area contributed by atoms with Crippen molar-refractivity contribution in [2.45, 2.75) is 58.2 Å². The fourth-order valence-electron chi connectivity index (χ4n) is 3.15. The van der Waals surface area contributed by atoms with Crippen LogP contribution in [0.1, 0.15) is 44.8 Å². The van der Waals surface area contributed by atoms with E-state index in [1.54, 1.807) is 17.1 Å². The number of likely N-dealkylation sites (tertiary alicyclic amines) is 1. The molecule has 0 aromatic carbocycles. The highest BCUT2D eigenvalue weighted by Crippen LogP contribution is 2.24. The van der Waals surface area contributed by atoms with Crippen molar-refractivity contribution < 1.29 is 9.63 Å². The molecule has 3 rings (SSSR count). The summed E-state index contributed by atoms with van der Waals surface area (Å²) in [5.41, 5.74) is -0.799. The molecule has 1 aliphatic heterocycles. The van der Waals surface area contributed by atoms with Crippen LogP contribution in [0.25, 0.3) is 0 Å². The number of β-amino-alcohol motifs (C(OH)–C–C–N with tert-alkyl or cyclic N) is 1. The molecule has 3 heterocycles. The summed E-state index contributed by atoms with van der Waals surface area (Å²) in [4.78, 5) is 6.64. The van der Waals surface area contributed by atoms with Crippen molar-refractivity contribution in [2.24, 2.45) is 5.92 Å². The Morgan fingerprint density at radius 1 is 1.42 bits per heavy atom. The number of aryl methyl sites for hydroxylation is 1. The Bertz CT molecular complexity index is 626. The zero-order valence-corrected chi connectivity index (χ0v) is 14.4. The first-order chi connectivity index (χ1) is 11.5. The average molecular weight is 334 g/mol. The highest BCUT2D eigenvalue weighted by molar-refractivity contribution is 4.91. The average Bonchev–Trinajstić information content (AvgIpc) is 3.17. The van der Waals surface area contributed by atoms with E-state index in [0.29, 0.717) is 31.4 Å². The molecule has 0 aliphatic carbocycles. The van der Waals surface area contributed by atoms with Crippen LogP contribution in [0.3, 0.4) is 0 Å². The maximum Gasteiger partial charge on any atom is 0.240 e. The summed E-state index contributed by atoms with van der Waals surface area (Å²) in [5.74, 6) is 2.02. The summed E-state index contributed by atoms with van der Waals surface area (Å²) in [6.45, 7) is 6.89. The lowest BCUT2D eigenvalue weighted by molar-refractivity contribution is -0.0498. The van der Waals surface area contributed by atoms with Crippen molar-refractivity contribution in [3.63, 3.8) is 0 Å². The molecule has 132 valence electrons. The number of hydrogen-bond donors (Lipinski definition) is 1. The molecule has 2 aromatic rings. The molecule has 1 atom stereocenters. The van der Waals surface area contributed by atoms with Crippen molar-refractivity contribution >= 4 is 0 Å². The van der Waals surface area contributed by atoms with Crippen LogP contribution in [-0.2, 0) is 19.5 Å². The van der Waals surface area contributed by atoms with Crippen molar-refractivity contribution in [2.75, 3.05) is 13.1 Å². The molecular weight excluding hydrogens is 308 g/mol. The molecule has 1 unspecified atom stereocenters. The van der Waals surface area contributed by atoms with Crippen LogP contribution in [0.4, 0.5) is 0 Å². The van der Waals surface area contributed by atoms with Crippen LogP contribution in [0.15, 0.2) is 16.9 Å². The van der Waals surface area contributed by atoms with Gasteiger partial charge in [-0.25, -0.2) is 4.68 Å². The van der Waals surface area contributed by atoms with Crippen LogP contribution >= 0.6 is 0 Å². The van der Waals surface area contributed by atoms with E-state index < -0.39 is 5.60 Å². The van der Waals surface area contributed by atoms with Crippen molar-refractivity contribution in [3.8, 4) is 0 Å². The van der Waals surface area contributed by atoms with E-state index in [1.807, 2.05) is 0 Å². The van der Waals surface area contributed by atoms with Crippen molar-refractivity contribution in [3.05, 3.63) is 24.1 Å². The lowest BCUT2D eigenvalue weighted by Gasteiger charge is -2.38. The molecule has 0 radical (unpaired) electrons. The molecule has 2 aromatic heterocycles. The highest BCUT2D eigenvalue weighted by atomic mass is 16.5. The summed E-state index contributed by atoms with van der Waals surface area (Å²) in [7, 11) is 0. The molecule has 0 bridgehead atoms. The Morgan fingerprint density at radius 2 is 2.29 bits per heavy atom. The zero-order valence-electron chi connectivity index (χ0n) is 14.4. The Morgan fingerprint density at radius 3 is 3.04 bits per heavy atom. The van der Waals surface area contributed by atoms with Crippen LogP contribution < -0.4 is 0 Å². The predicted molar refractivity (Wildman–Crippen MR) is 86.9 cm³/mol. The van der Waals surface area contributed by atoms with Crippen LogP contribution in [0.2, 0.25) is 0 Å². The van der Waals surface area contributed by atoms with Gasteiger partial charge >= 0.3 is 0 Å². The van der Waals surface area contributed by atoms with E-state index >= 15 is 0 Å². The molecule has 8 heteroatoms. The minimum absolute atomic E-state index is 0.451. The maximum atomic E-state index is 10.8. The van der Waals surface area contributed by atoms with Gasteiger partial charge in [-0.05, 0) is 31.7 Å². The Balaban J connectivity index is 1.55.